The molecule has 4 nitrogen and oxygen atoms in total. The first-order chi connectivity index (χ1) is 8.54. The van der Waals surface area contributed by atoms with Crippen molar-refractivity contribution in [2.45, 2.75) is 29.6 Å². The standard InChI is InChI=1S/C12H18N2O2S2/c1-3-6-14(2)18(15,16)12-7-10(9-17-12)8-13-11-4-5-11/h3,7,9,11,13H,1,4-6,8H2,2H3. The molecule has 0 aliphatic heterocycles. The molecule has 0 atom stereocenters. The fourth-order valence-electron chi connectivity index (χ4n) is 1.56. The second-order valence-corrected chi connectivity index (χ2v) is 7.69. The summed E-state index contributed by atoms with van der Waals surface area (Å²) in [5.74, 6) is 0. The topological polar surface area (TPSA) is 49.4 Å². The number of nitrogens with zero attached hydrogens (tertiary/aromatic N) is 1. The van der Waals surface area contributed by atoms with Gasteiger partial charge in [-0.1, -0.05) is 6.08 Å². The lowest BCUT2D eigenvalue weighted by molar-refractivity contribution is 0.501. The van der Waals surface area contributed by atoms with Gasteiger partial charge in [0.1, 0.15) is 4.21 Å². The van der Waals surface area contributed by atoms with E-state index < -0.39 is 10.0 Å². The van der Waals surface area contributed by atoms with E-state index in [1.807, 2.05) is 5.38 Å². The van der Waals surface area contributed by atoms with E-state index in [9.17, 15) is 8.42 Å². The number of hydrogen-bond donors (Lipinski definition) is 1. The molecule has 1 heterocycles. The van der Waals surface area contributed by atoms with Crippen molar-refractivity contribution < 1.29 is 8.42 Å². The third-order valence-corrected chi connectivity index (χ3v) is 6.14. The van der Waals surface area contributed by atoms with E-state index in [-0.39, 0.29) is 0 Å². The van der Waals surface area contributed by atoms with Crippen molar-refractivity contribution in [3.05, 3.63) is 29.7 Å². The molecule has 0 unspecified atom stereocenters. The van der Waals surface area contributed by atoms with E-state index in [1.54, 1.807) is 19.2 Å². The van der Waals surface area contributed by atoms with Gasteiger partial charge in [0.2, 0.25) is 0 Å². The Morgan fingerprint density at radius 1 is 1.61 bits per heavy atom. The Morgan fingerprint density at radius 2 is 2.33 bits per heavy atom. The van der Waals surface area contributed by atoms with Crippen LogP contribution in [0.5, 0.6) is 0 Å². The summed E-state index contributed by atoms with van der Waals surface area (Å²) in [6.07, 6.45) is 4.05. The molecule has 0 aromatic carbocycles. The summed E-state index contributed by atoms with van der Waals surface area (Å²) in [6, 6.07) is 2.39. The highest BCUT2D eigenvalue weighted by Gasteiger charge is 2.23. The van der Waals surface area contributed by atoms with Crippen LogP contribution in [0.4, 0.5) is 0 Å². The van der Waals surface area contributed by atoms with Crippen LogP contribution in [0.2, 0.25) is 0 Å². The van der Waals surface area contributed by atoms with Crippen molar-refractivity contribution in [1.29, 1.82) is 0 Å². The average molecular weight is 286 g/mol. The monoisotopic (exact) mass is 286 g/mol. The molecule has 0 spiro atoms. The Kier molecular flexibility index (Phi) is 4.21. The van der Waals surface area contributed by atoms with Crippen molar-refractivity contribution in [2.24, 2.45) is 0 Å². The van der Waals surface area contributed by atoms with E-state index in [2.05, 4.69) is 11.9 Å². The average Bonchev–Trinajstić information content (AvgIpc) is 3.03. The van der Waals surface area contributed by atoms with Crippen LogP contribution in [-0.4, -0.2) is 32.4 Å². The molecule has 1 N–H and O–H groups in total. The predicted octanol–water partition coefficient (Wildman–Crippen LogP) is 1.81. The zero-order valence-electron chi connectivity index (χ0n) is 10.4. The first-order valence-corrected chi connectivity index (χ1v) is 8.24. The number of thiophene rings is 1. The van der Waals surface area contributed by atoms with Gasteiger partial charge in [0, 0.05) is 26.2 Å². The number of likely N-dealkylation sites (N-methyl/N-ethyl adjacent to an activating group) is 1. The minimum absolute atomic E-state index is 0.329. The van der Waals surface area contributed by atoms with Crippen molar-refractivity contribution in [3.8, 4) is 0 Å². The van der Waals surface area contributed by atoms with Gasteiger partial charge >= 0.3 is 0 Å². The summed E-state index contributed by atoms with van der Waals surface area (Å²) < 4.78 is 26.0. The van der Waals surface area contributed by atoms with Gasteiger partial charge in [0.05, 0.1) is 0 Å². The Bertz CT molecular complexity index is 518. The molecular weight excluding hydrogens is 268 g/mol. The van der Waals surface area contributed by atoms with Gasteiger partial charge in [-0.25, -0.2) is 8.42 Å². The maximum absolute atomic E-state index is 12.2. The van der Waals surface area contributed by atoms with Crippen molar-refractivity contribution in [3.63, 3.8) is 0 Å². The maximum Gasteiger partial charge on any atom is 0.252 e. The molecule has 0 saturated heterocycles. The Balaban J connectivity index is 2.05. The minimum atomic E-state index is -3.35. The fourth-order valence-corrected chi connectivity index (χ4v) is 4.12. The highest BCUT2D eigenvalue weighted by Crippen LogP contribution is 2.24. The van der Waals surface area contributed by atoms with Gasteiger partial charge in [-0.2, -0.15) is 4.31 Å². The lowest BCUT2D eigenvalue weighted by Crippen LogP contribution is -2.26. The van der Waals surface area contributed by atoms with E-state index in [1.165, 1.54) is 28.5 Å². The summed E-state index contributed by atoms with van der Waals surface area (Å²) in [7, 11) is -1.78. The van der Waals surface area contributed by atoms with Crippen LogP contribution >= 0.6 is 11.3 Å². The molecule has 0 bridgehead atoms. The fraction of sp³-hybridized carbons (Fsp3) is 0.500. The van der Waals surface area contributed by atoms with Gasteiger partial charge in [0.15, 0.2) is 0 Å². The molecule has 1 aromatic heterocycles. The van der Waals surface area contributed by atoms with Crippen LogP contribution in [0.25, 0.3) is 0 Å². The zero-order valence-corrected chi connectivity index (χ0v) is 12.1. The van der Waals surface area contributed by atoms with Gasteiger partial charge < -0.3 is 5.32 Å². The molecule has 2 rings (SSSR count). The zero-order chi connectivity index (χ0) is 13.2. The Morgan fingerprint density at radius 3 is 2.94 bits per heavy atom. The van der Waals surface area contributed by atoms with E-state index in [0.29, 0.717) is 16.8 Å². The molecule has 6 heteroatoms. The molecule has 100 valence electrons. The summed E-state index contributed by atoms with van der Waals surface area (Å²) >= 11 is 1.28. The summed E-state index contributed by atoms with van der Waals surface area (Å²) in [6.45, 7) is 4.64. The highest BCUT2D eigenvalue weighted by atomic mass is 32.2. The molecule has 0 amide bonds. The van der Waals surface area contributed by atoms with E-state index in [0.717, 1.165) is 12.1 Å². The summed E-state index contributed by atoms with van der Waals surface area (Å²) in [5, 5.41) is 5.28. The van der Waals surface area contributed by atoms with Crippen LogP contribution in [0, 0.1) is 0 Å². The van der Waals surface area contributed by atoms with E-state index >= 15 is 0 Å². The molecular formula is C12H18N2O2S2. The van der Waals surface area contributed by atoms with Crippen LogP contribution < -0.4 is 5.32 Å². The second-order valence-electron chi connectivity index (χ2n) is 4.50. The molecule has 1 fully saturated rings. The van der Waals surface area contributed by atoms with Crippen molar-refractivity contribution in [2.75, 3.05) is 13.6 Å². The quantitative estimate of drug-likeness (QED) is 0.778. The van der Waals surface area contributed by atoms with Crippen molar-refractivity contribution >= 4 is 21.4 Å². The Labute approximate surface area is 112 Å². The minimum Gasteiger partial charge on any atom is -0.310 e. The molecule has 1 aliphatic rings. The van der Waals surface area contributed by atoms with Crippen molar-refractivity contribution in [1.82, 2.24) is 9.62 Å². The van der Waals surface area contributed by atoms with Crippen LogP contribution in [-0.2, 0) is 16.6 Å². The van der Waals surface area contributed by atoms with Gasteiger partial charge in [-0.3, -0.25) is 0 Å². The SMILES string of the molecule is C=CCN(C)S(=O)(=O)c1cc(CNC2CC2)cs1. The molecule has 0 radical (unpaired) electrons. The largest absolute Gasteiger partial charge is 0.310 e. The third-order valence-electron chi connectivity index (χ3n) is 2.85. The van der Waals surface area contributed by atoms with Gasteiger partial charge in [-0.15, -0.1) is 17.9 Å². The molecule has 1 saturated carbocycles. The number of sulfonamides is 1. The first kappa shape index (κ1) is 13.7. The number of nitrogens with one attached hydrogen (secondary N) is 1. The summed E-state index contributed by atoms with van der Waals surface area (Å²) in [5.41, 5.74) is 1.04. The maximum atomic E-state index is 12.2. The summed E-state index contributed by atoms with van der Waals surface area (Å²) in [4.78, 5) is 0. The van der Waals surface area contributed by atoms with Gasteiger partial charge in [0.25, 0.3) is 10.0 Å². The van der Waals surface area contributed by atoms with Gasteiger partial charge in [-0.05, 0) is 29.9 Å². The highest BCUT2D eigenvalue weighted by molar-refractivity contribution is 7.91. The normalized spacial score (nSPS) is 16.1. The number of hydrogen-bond acceptors (Lipinski definition) is 4. The number of rotatable bonds is 7. The first-order valence-electron chi connectivity index (χ1n) is 5.92. The molecule has 18 heavy (non-hydrogen) atoms. The molecule has 1 aliphatic carbocycles. The third kappa shape index (κ3) is 3.20. The lowest BCUT2D eigenvalue weighted by atomic mass is 10.3. The second kappa shape index (κ2) is 5.52. The van der Waals surface area contributed by atoms with Crippen LogP contribution in [0.1, 0.15) is 18.4 Å². The van der Waals surface area contributed by atoms with E-state index in [4.69, 9.17) is 0 Å². The smallest absolute Gasteiger partial charge is 0.252 e. The lowest BCUT2D eigenvalue weighted by Gasteiger charge is -2.13. The molecule has 1 aromatic rings. The predicted molar refractivity (Wildman–Crippen MR) is 74.2 cm³/mol. The van der Waals surface area contributed by atoms with Crippen LogP contribution in [0.3, 0.4) is 0 Å². The Hall–Kier alpha value is -0.690. The van der Waals surface area contributed by atoms with Crippen LogP contribution in [0.15, 0.2) is 28.3 Å².